The van der Waals surface area contributed by atoms with E-state index in [9.17, 15) is 29.5 Å². The van der Waals surface area contributed by atoms with Gasteiger partial charge < -0.3 is 31.3 Å². The van der Waals surface area contributed by atoms with E-state index in [2.05, 4.69) is 47.6 Å². The van der Waals surface area contributed by atoms with Gasteiger partial charge in [0.25, 0.3) is 0 Å². The minimum absolute atomic E-state index is 0.0331. The second-order valence-corrected chi connectivity index (χ2v) is 20.1. The highest BCUT2D eigenvalue weighted by Crippen LogP contribution is 2.39. The van der Waals surface area contributed by atoms with E-state index in [0.717, 1.165) is 79.9 Å². The SMILES string of the molecule is CNc1cc(-c2ccc3cc(C#N)cnn23)ncc1-c1nnc(C2CCC(NC(=O)CCC(=O)N[C@H](C(=O)N3C[C@@H](O)C[C@H]3C(=O)NCc3ccc(-c4scnc4C)cc3)C(C)(C)C)CC2)s1. The van der Waals surface area contributed by atoms with Crippen LogP contribution in [-0.4, -0.2) is 101 Å². The molecule has 5 aromatic heterocycles. The normalized spacial score (nSPS) is 18.9. The lowest BCUT2D eigenvalue weighted by Crippen LogP contribution is -2.57. The number of nitrogens with zero attached hydrogens (tertiary/aromatic N) is 8. The summed E-state index contributed by atoms with van der Waals surface area (Å²) < 4.78 is 1.75. The number of rotatable bonds is 14. The Morgan fingerprint density at radius 3 is 2.43 bits per heavy atom. The summed E-state index contributed by atoms with van der Waals surface area (Å²) in [6.45, 7) is 7.66. The largest absolute Gasteiger partial charge is 0.391 e. The number of amides is 4. The number of aliphatic hydroxyl groups excluding tert-OH is 1. The molecule has 2 aliphatic rings. The van der Waals surface area contributed by atoms with Crippen LogP contribution < -0.4 is 21.3 Å². The van der Waals surface area contributed by atoms with Gasteiger partial charge in [-0.05, 0) is 73.4 Å². The van der Waals surface area contributed by atoms with Crippen LogP contribution in [0.25, 0.3) is 37.9 Å². The molecule has 3 atom stereocenters. The maximum absolute atomic E-state index is 14.1. The molecule has 17 nitrogen and oxygen atoms in total. The fourth-order valence-electron chi connectivity index (χ4n) is 8.76. The third-order valence-electron chi connectivity index (χ3n) is 12.5. The molecule has 1 aliphatic heterocycles. The van der Waals surface area contributed by atoms with Crippen LogP contribution in [0.3, 0.4) is 0 Å². The van der Waals surface area contributed by atoms with Crippen molar-refractivity contribution in [1.82, 2.24) is 50.6 Å². The molecular formula is C48H54N12O5S2. The minimum Gasteiger partial charge on any atom is -0.391 e. The van der Waals surface area contributed by atoms with E-state index in [1.54, 1.807) is 28.1 Å². The number of hydrogen-bond acceptors (Lipinski definition) is 14. The third kappa shape index (κ3) is 10.7. The van der Waals surface area contributed by atoms with Gasteiger partial charge in [0.1, 0.15) is 23.2 Å². The number of thiazole rings is 1. The Bertz CT molecular complexity index is 2820. The van der Waals surface area contributed by atoms with Crippen LogP contribution in [0.15, 0.2) is 66.4 Å². The molecule has 0 unspecified atom stereocenters. The maximum Gasteiger partial charge on any atom is 0.246 e. The summed E-state index contributed by atoms with van der Waals surface area (Å²) >= 11 is 3.10. The number of carbonyl (C=O) groups excluding carboxylic acids is 4. The van der Waals surface area contributed by atoms with E-state index in [1.807, 2.05) is 82.7 Å². The average molecular weight is 943 g/mol. The summed E-state index contributed by atoms with van der Waals surface area (Å²) in [5, 5.41) is 47.2. The Morgan fingerprint density at radius 1 is 0.970 bits per heavy atom. The summed E-state index contributed by atoms with van der Waals surface area (Å²) in [4.78, 5) is 65.5. The number of hydrogen-bond donors (Lipinski definition) is 5. The monoisotopic (exact) mass is 942 g/mol. The number of nitriles is 1. The summed E-state index contributed by atoms with van der Waals surface area (Å²) in [6, 6.07) is 15.6. The number of fused-ring (bicyclic) bond motifs is 1. The van der Waals surface area contributed by atoms with Crippen molar-refractivity contribution >= 4 is 57.5 Å². The molecule has 5 N–H and O–H groups in total. The van der Waals surface area contributed by atoms with Crippen molar-refractivity contribution in [3.63, 3.8) is 0 Å². The molecule has 0 spiro atoms. The van der Waals surface area contributed by atoms with Gasteiger partial charge in [-0.3, -0.25) is 24.2 Å². The quantitative estimate of drug-likeness (QED) is 0.0848. The number of likely N-dealkylation sites (tertiary alicyclic amines) is 1. The molecule has 2 fully saturated rings. The van der Waals surface area contributed by atoms with E-state index < -0.39 is 35.4 Å². The minimum atomic E-state index is -0.994. The van der Waals surface area contributed by atoms with E-state index in [0.29, 0.717) is 11.3 Å². The Morgan fingerprint density at radius 2 is 1.73 bits per heavy atom. The number of aliphatic hydroxyl groups is 1. The molecule has 0 bridgehead atoms. The first-order valence-corrected chi connectivity index (χ1v) is 24.1. The molecule has 19 heteroatoms. The zero-order valence-electron chi connectivity index (χ0n) is 38.1. The molecule has 0 radical (unpaired) electrons. The first-order valence-electron chi connectivity index (χ1n) is 22.4. The van der Waals surface area contributed by atoms with Gasteiger partial charge in [-0.1, -0.05) is 56.4 Å². The first kappa shape index (κ1) is 46.9. The maximum atomic E-state index is 14.1. The van der Waals surface area contributed by atoms with Gasteiger partial charge in [0.15, 0.2) is 5.01 Å². The highest BCUT2D eigenvalue weighted by molar-refractivity contribution is 7.14. The number of carbonyl (C=O) groups is 4. The van der Waals surface area contributed by atoms with Crippen LogP contribution in [0.4, 0.5) is 5.69 Å². The second kappa shape index (κ2) is 20.1. The van der Waals surface area contributed by atoms with Gasteiger partial charge >= 0.3 is 0 Å². The van der Waals surface area contributed by atoms with E-state index >= 15 is 0 Å². The zero-order valence-corrected chi connectivity index (χ0v) is 39.7. The van der Waals surface area contributed by atoms with Gasteiger partial charge in [-0.2, -0.15) is 10.4 Å². The van der Waals surface area contributed by atoms with Crippen LogP contribution in [0.2, 0.25) is 0 Å². The summed E-state index contributed by atoms with van der Waals surface area (Å²) in [5.74, 6) is -1.34. The summed E-state index contributed by atoms with van der Waals surface area (Å²) in [5.41, 5.74) is 8.44. The van der Waals surface area contributed by atoms with Crippen molar-refractivity contribution in [2.75, 3.05) is 18.9 Å². The zero-order chi connectivity index (χ0) is 47.4. The lowest BCUT2D eigenvalue weighted by molar-refractivity contribution is -0.144. The predicted molar refractivity (Wildman–Crippen MR) is 256 cm³/mol. The fourth-order valence-corrected chi connectivity index (χ4v) is 10.6. The topological polar surface area (TPSA) is 233 Å². The second-order valence-electron chi connectivity index (χ2n) is 18.3. The number of benzene rings is 1. The fraction of sp³-hybridized carbons (Fsp3) is 0.417. The molecule has 4 amide bonds. The number of anilines is 1. The lowest BCUT2D eigenvalue weighted by atomic mass is 9.85. The van der Waals surface area contributed by atoms with Crippen LogP contribution in [0.1, 0.15) is 93.5 Å². The first-order chi connectivity index (χ1) is 32.2. The predicted octanol–water partition coefficient (Wildman–Crippen LogP) is 5.99. The van der Waals surface area contributed by atoms with Gasteiger partial charge in [0, 0.05) is 63.2 Å². The molecule has 1 aromatic carbocycles. The van der Waals surface area contributed by atoms with Gasteiger partial charge in [-0.25, -0.2) is 9.50 Å². The average Bonchev–Trinajstić information content (AvgIpc) is 4.16. The van der Waals surface area contributed by atoms with Crippen molar-refractivity contribution < 1.29 is 24.3 Å². The van der Waals surface area contributed by atoms with Crippen molar-refractivity contribution in [3.8, 4) is 38.5 Å². The van der Waals surface area contributed by atoms with E-state index in [4.69, 9.17) is 4.98 Å². The van der Waals surface area contributed by atoms with E-state index in [-0.39, 0.29) is 56.1 Å². The molecule has 6 aromatic rings. The van der Waals surface area contributed by atoms with Crippen molar-refractivity contribution in [2.45, 2.75) is 109 Å². The highest BCUT2D eigenvalue weighted by atomic mass is 32.1. The van der Waals surface area contributed by atoms with Gasteiger partial charge in [0.05, 0.1) is 56.4 Å². The Kier molecular flexibility index (Phi) is 14.1. The lowest BCUT2D eigenvalue weighted by Gasteiger charge is -2.35. The van der Waals surface area contributed by atoms with Gasteiger partial charge in [0.2, 0.25) is 23.6 Å². The summed E-state index contributed by atoms with van der Waals surface area (Å²) in [7, 11) is 1.85. The summed E-state index contributed by atoms with van der Waals surface area (Å²) in [6.07, 6.45) is 5.48. The molecule has 348 valence electrons. The molecule has 67 heavy (non-hydrogen) atoms. The Balaban J connectivity index is 0.801. The Hall–Kier alpha value is -6.62. The van der Waals surface area contributed by atoms with Crippen molar-refractivity contribution in [1.29, 1.82) is 5.26 Å². The standard InChI is InChI=1S/C48H54N12O5S2/c1-27-42(66-26-53-27)30-8-6-28(7-9-30)22-52-44(64)39-19-34(61)25-59(39)47(65)43(48(2,3)4)56-41(63)17-16-40(62)55-32-12-10-31(11-13-32)45-57-58-46(67-45)35-24-51-37(20-36(35)50-5)38-15-14-33-18-29(21-49)23-54-60(33)38/h6-9,14-15,18,20,23-24,26,31-32,34,39,43,61H,10-13,16-17,19,22,25H2,1-5H3,(H,50,51)(H,52,64)(H,55,62)(H,56,63)/t31?,32?,34-,39-,43+/m0/s1. The number of β-amino-alcohol motifs (C(OH)–C–C–N with tert-alkyl or cyclic N) is 1. The van der Waals surface area contributed by atoms with Crippen LogP contribution in [0.5, 0.6) is 0 Å². The molecule has 6 heterocycles. The van der Waals surface area contributed by atoms with Gasteiger partial charge in [-0.15, -0.1) is 21.5 Å². The smallest absolute Gasteiger partial charge is 0.246 e. The van der Waals surface area contributed by atoms with Crippen molar-refractivity contribution in [2.24, 2.45) is 5.41 Å². The number of nitrogens with one attached hydrogen (secondary N) is 4. The molecule has 8 rings (SSSR count). The number of aromatic nitrogens is 6. The third-order valence-corrected chi connectivity index (χ3v) is 14.6. The van der Waals surface area contributed by atoms with E-state index in [1.165, 1.54) is 22.4 Å². The number of aryl methyl sites for hydroxylation is 1. The molecule has 1 aliphatic carbocycles. The number of pyridine rings is 1. The molecular weight excluding hydrogens is 889 g/mol. The molecule has 1 saturated carbocycles. The van der Waals surface area contributed by atoms with Crippen molar-refractivity contribution in [3.05, 3.63) is 88.3 Å². The molecule has 1 saturated heterocycles. The van der Waals surface area contributed by atoms with Crippen LogP contribution in [-0.2, 0) is 25.7 Å². The van der Waals surface area contributed by atoms with Crippen LogP contribution in [0, 0.1) is 23.7 Å². The Labute approximate surface area is 396 Å². The highest BCUT2D eigenvalue weighted by Gasteiger charge is 2.44. The van der Waals surface area contributed by atoms with Crippen LogP contribution >= 0.6 is 22.7 Å².